The average molecular weight is 396 g/mol. The maximum Gasteiger partial charge on any atom is 0.426 e. The standard InChI is InChI=1S/C14H16BF3O7S/c1-2-12(19)24-10-5-8(6-15)3-4-9(10)13(20)25-11(14(16,17)18)7-26(21,22)23/h3-5,11H,2,6-7,15H2,1H3,(H,21,22,23). The van der Waals surface area contributed by atoms with E-state index in [1.165, 1.54) is 19.1 Å². The monoisotopic (exact) mass is 396 g/mol. The topological polar surface area (TPSA) is 107 Å². The second-order valence-electron chi connectivity index (χ2n) is 5.20. The number of carbonyl (C=O) groups is 2. The highest BCUT2D eigenvalue weighted by Crippen LogP contribution is 2.28. The van der Waals surface area contributed by atoms with Gasteiger partial charge >= 0.3 is 18.1 Å². The van der Waals surface area contributed by atoms with Crippen LogP contribution in [0.2, 0.25) is 0 Å². The SMILES string of the molecule is BCc1ccc(C(=O)OC(CS(=O)(=O)O)C(F)(F)F)c(OC(=O)CC)c1. The van der Waals surface area contributed by atoms with Gasteiger partial charge in [0.05, 0.1) is 0 Å². The molecule has 1 rings (SSSR count). The summed E-state index contributed by atoms with van der Waals surface area (Å²) in [6, 6.07) is 3.83. The molecular weight excluding hydrogens is 380 g/mol. The van der Waals surface area contributed by atoms with E-state index in [1.54, 1.807) is 7.85 Å². The molecule has 0 bridgehead atoms. The molecule has 0 fully saturated rings. The zero-order valence-electron chi connectivity index (χ0n) is 13.9. The van der Waals surface area contributed by atoms with Crippen molar-refractivity contribution in [3.63, 3.8) is 0 Å². The molecule has 0 saturated heterocycles. The minimum absolute atomic E-state index is 0.0429. The lowest BCUT2D eigenvalue weighted by atomic mass is 9.96. The Labute approximate surface area is 148 Å². The fourth-order valence-corrected chi connectivity index (χ4v) is 2.45. The van der Waals surface area contributed by atoms with Gasteiger partial charge in [-0.15, -0.1) is 0 Å². The minimum atomic E-state index is -5.23. The Morgan fingerprint density at radius 2 is 1.92 bits per heavy atom. The Morgan fingerprint density at radius 3 is 2.38 bits per heavy atom. The maximum atomic E-state index is 12.9. The minimum Gasteiger partial charge on any atom is -0.448 e. The van der Waals surface area contributed by atoms with Gasteiger partial charge in [0.1, 0.15) is 24.9 Å². The van der Waals surface area contributed by atoms with E-state index >= 15 is 0 Å². The predicted molar refractivity (Wildman–Crippen MR) is 86.3 cm³/mol. The van der Waals surface area contributed by atoms with Crippen LogP contribution < -0.4 is 4.74 Å². The maximum absolute atomic E-state index is 12.9. The number of hydrogen-bond acceptors (Lipinski definition) is 6. The molecular formula is C14H16BF3O7S. The summed E-state index contributed by atoms with van der Waals surface area (Å²) in [5, 5.41) is 0. The molecule has 0 spiro atoms. The number of halogens is 3. The molecule has 0 aliphatic heterocycles. The van der Waals surface area contributed by atoms with E-state index in [0.717, 1.165) is 6.07 Å². The molecule has 0 aliphatic rings. The lowest BCUT2D eigenvalue weighted by Crippen LogP contribution is -2.39. The summed E-state index contributed by atoms with van der Waals surface area (Å²) in [7, 11) is -3.29. The van der Waals surface area contributed by atoms with Crippen LogP contribution >= 0.6 is 0 Å². The lowest BCUT2D eigenvalue weighted by Gasteiger charge is -2.20. The first-order valence-corrected chi connectivity index (χ1v) is 9.04. The molecule has 1 N–H and O–H groups in total. The molecule has 0 saturated carbocycles. The Hall–Kier alpha value is -2.08. The molecule has 0 amide bonds. The third kappa shape index (κ3) is 6.67. The summed E-state index contributed by atoms with van der Waals surface area (Å²) in [6.45, 7) is 1.48. The average Bonchev–Trinajstić information content (AvgIpc) is 2.51. The number of ether oxygens (including phenoxy) is 2. The number of esters is 2. The zero-order valence-corrected chi connectivity index (χ0v) is 14.7. The van der Waals surface area contributed by atoms with Crippen LogP contribution in [0.25, 0.3) is 0 Å². The van der Waals surface area contributed by atoms with Crippen LogP contribution in [0.4, 0.5) is 13.2 Å². The van der Waals surface area contributed by atoms with Crippen molar-refractivity contribution in [3.8, 4) is 5.75 Å². The van der Waals surface area contributed by atoms with Crippen molar-refractivity contribution in [2.75, 3.05) is 5.75 Å². The third-order valence-electron chi connectivity index (χ3n) is 3.16. The fraction of sp³-hybridized carbons (Fsp3) is 0.429. The normalized spacial score (nSPS) is 13.1. The van der Waals surface area contributed by atoms with E-state index in [9.17, 15) is 31.2 Å². The van der Waals surface area contributed by atoms with E-state index < -0.39 is 45.7 Å². The summed E-state index contributed by atoms with van der Waals surface area (Å²) in [6.07, 6.45) is -7.85. The van der Waals surface area contributed by atoms with E-state index in [-0.39, 0.29) is 12.2 Å². The largest absolute Gasteiger partial charge is 0.448 e. The summed E-state index contributed by atoms with van der Waals surface area (Å²) in [4.78, 5) is 23.5. The van der Waals surface area contributed by atoms with Crippen molar-refractivity contribution < 1.29 is 45.2 Å². The molecule has 0 aliphatic carbocycles. The highest BCUT2D eigenvalue weighted by atomic mass is 32.2. The van der Waals surface area contributed by atoms with Crippen molar-refractivity contribution >= 4 is 29.9 Å². The molecule has 1 aromatic rings. The number of rotatable bonds is 7. The smallest absolute Gasteiger partial charge is 0.426 e. The molecule has 12 heteroatoms. The summed E-state index contributed by atoms with van der Waals surface area (Å²) >= 11 is 0. The van der Waals surface area contributed by atoms with Gasteiger partial charge in [-0.2, -0.15) is 21.6 Å². The van der Waals surface area contributed by atoms with Gasteiger partial charge in [-0.05, 0) is 12.1 Å². The highest BCUT2D eigenvalue weighted by molar-refractivity contribution is 7.85. The van der Waals surface area contributed by atoms with Gasteiger partial charge in [0.2, 0.25) is 6.10 Å². The Bertz CT molecular complexity index is 777. The van der Waals surface area contributed by atoms with E-state index in [4.69, 9.17) is 9.29 Å². The van der Waals surface area contributed by atoms with E-state index in [2.05, 4.69) is 4.74 Å². The Morgan fingerprint density at radius 1 is 1.31 bits per heavy atom. The molecule has 1 unspecified atom stereocenters. The second-order valence-corrected chi connectivity index (χ2v) is 6.69. The van der Waals surface area contributed by atoms with E-state index in [0.29, 0.717) is 11.9 Å². The van der Waals surface area contributed by atoms with Crippen LogP contribution in [0.1, 0.15) is 29.3 Å². The van der Waals surface area contributed by atoms with Crippen molar-refractivity contribution in [1.82, 2.24) is 0 Å². The molecule has 0 radical (unpaired) electrons. The van der Waals surface area contributed by atoms with Crippen LogP contribution in [0.15, 0.2) is 18.2 Å². The van der Waals surface area contributed by atoms with Gasteiger partial charge in [0, 0.05) is 6.42 Å². The Balaban J connectivity index is 3.19. The van der Waals surface area contributed by atoms with Gasteiger partial charge in [0.15, 0.2) is 0 Å². The van der Waals surface area contributed by atoms with Crippen molar-refractivity contribution in [2.45, 2.75) is 31.9 Å². The van der Waals surface area contributed by atoms with Crippen LogP contribution in [-0.4, -0.2) is 50.8 Å². The summed E-state index contributed by atoms with van der Waals surface area (Å²) in [5.74, 6) is -4.41. The zero-order chi connectivity index (χ0) is 20.1. The molecule has 7 nitrogen and oxygen atoms in total. The number of benzene rings is 1. The Kier molecular flexibility index (Phi) is 7.21. The lowest BCUT2D eigenvalue weighted by molar-refractivity contribution is -0.197. The van der Waals surface area contributed by atoms with Crippen molar-refractivity contribution in [2.24, 2.45) is 0 Å². The third-order valence-corrected chi connectivity index (χ3v) is 3.89. The molecule has 144 valence electrons. The van der Waals surface area contributed by atoms with Crippen molar-refractivity contribution in [3.05, 3.63) is 29.3 Å². The molecule has 1 atom stereocenters. The first-order chi connectivity index (χ1) is 11.9. The van der Waals surface area contributed by atoms with Crippen molar-refractivity contribution in [1.29, 1.82) is 0 Å². The quantitative estimate of drug-likeness (QED) is 0.319. The van der Waals surface area contributed by atoms with Gasteiger partial charge in [-0.1, -0.05) is 24.9 Å². The van der Waals surface area contributed by atoms with Gasteiger partial charge < -0.3 is 9.47 Å². The summed E-state index contributed by atoms with van der Waals surface area (Å²) in [5.41, 5.74) is 0.166. The van der Waals surface area contributed by atoms with Crippen LogP contribution in [0.3, 0.4) is 0 Å². The number of hydrogen-bond donors (Lipinski definition) is 1. The van der Waals surface area contributed by atoms with E-state index in [1.807, 2.05) is 0 Å². The molecule has 26 heavy (non-hydrogen) atoms. The first-order valence-electron chi connectivity index (χ1n) is 7.43. The van der Waals surface area contributed by atoms with Gasteiger partial charge in [0.25, 0.3) is 10.1 Å². The molecule has 1 aromatic carbocycles. The number of carbonyl (C=O) groups excluding carboxylic acids is 2. The molecule has 0 heterocycles. The predicted octanol–water partition coefficient (Wildman–Crippen LogP) is 1.11. The summed E-state index contributed by atoms with van der Waals surface area (Å²) < 4.78 is 77.9. The second kappa shape index (κ2) is 8.54. The van der Waals surface area contributed by atoms with Gasteiger partial charge in [-0.3, -0.25) is 9.35 Å². The first kappa shape index (κ1) is 22.0. The molecule has 0 aromatic heterocycles. The fourth-order valence-electron chi connectivity index (χ4n) is 1.81. The highest BCUT2D eigenvalue weighted by Gasteiger charge is 2.45. The van der Waals surface area contributed by atoms with Crippen LogP contribution in [-0.2, 0) is 26.0 Å². The van der Waals surface area contributed by atoms with Crippen LogP contribution in [0, 0.1) is 0 Å². The van der Waals surface area contributed by atoms with Gasteiger partial charge in [-0.25, -0.2) is 4.79 Å². The van der Waals surface area contributed by atoms with Crippen LogP contribution in [0.5, 0.6) is 5.75 Å². The number of alkyl halides is 3.